The van der Waals surface area contributed by atoms with E-state index in [-0.39, 0.29) is 19.1 Å². The third-order valence-corrected chi connectivity index (χ3v) is 5.67. The van der Waals surface area contributed by atoms with Gasteiger partial charge >= 0.3 is 5.69 Å². The second kappa shape index (κ2) is 9.85. The largest absolute Gasteiger partial charge is 0.490 e. The van der Waals surface area contributed by atoms with Crippen molar-refractivity contribution in [2.24, 2.45) is 11.8 Å². The highest BCUT2D eigenvalue weighted by atomic mass is 16.5. The minimum Gasteiger partial charge on any atom is -0.490 e. The van der Waals surface area contributed by atoms with Gasteiger partial charge in [0.2, 0.25) is 0 Å². The molecule has 0 spiro atoms. The van der Waals surface area contributed by atoms with Gasteiger partial charge in [0.15, 0.2) is 11.2 Å². The van der Waals surface area contributed by atoms with Crippen LogP contribution >= 0.6 is 0 Å². The minimum atomic E-state index is -1.05. The fourth-order valence-electron chi connectivity index (χ4n) is 4.23. The Bertz CT molecular complexity index is 1410. The number of aromatic nitrogens is 4. The summed E-state index contributed by atoms with van der Waals surface area (Å²) < 4.78 is 10.3. The molecule has 0 radical (unpaired) electrons. The summed E-state index contributed by atoms with van der Waals surface area (Å²) in [6.07, 6.45) is 0.572. The molecular weight excluding hydrogens is 432 g/mol. The zero-order chi connectivity index (χ0) is 24.4. The zero-order valence-electron chi connectivity index (χ0n) is 20.1. The summed E-state index contributed by atoms with van der Waals surface area (Å²) in [5.41, 5.74) is -0.134. The molecule has 0 saturated carbocycles. The first-order valence-electron chi connectivity index (χ1n) is 11.7. The molecule has 0 aliphatic carbocycles. The lowest BCUT2D eigenvalue weighted by Gasteiger charge is -2.17. The molecule has 0 aliphatic rings. The van der Waals surface area contributed by atoms with Crippen LogP contribution in [0.1, 0.15) is 27.7 Å². The number of aliphatic hydroxyl groups is 1. The lowest BCUT2D eigenvalue weighted by Crippen LogP contribution is -2.44. The van der Waals surface area contributed by atoms with Crippen molar-refractivity contribution in [2.75, 3.05) is 6.61 Å². The molecule has 1 N–H and O–H groups in total. The van der Waals surface area contributed by atoms with Crippen LogP contribution < -0.4 is 16.0 Å². The number of fused-ring (bicyclic) bond motifs is 2. The summed E-state index contributed by atoms with van der Waals surface area (Å²) in [6, 6.07) is 13.6. The Balaban J connectivity index is 1.66. The van der Waals surface area contributed by atoms with E-state index in [2.05, 4.69) is 18.8 Å². The van der Waals surface area contributed by atoms with Crippen LogP contribution in [-0.2, 0) is 19.6 Å². The highest BCUT2D eigenvalue weighted by molar-refractivity contribution is 5.88. The van der Waals surface area contributed by atoms with Crippen LogP contribution in [0.4, 0.5) is 0 Å². The van der Waals surface area contributed by atoms with Crippen molar-refractivity contribution in [3.05, 3.63) is 69.6 Å². The number of rotatable bonds is 9. The third kappa shape index (κ3) is 4.77. The van der Waals surface area contributed by atoms with Gasteiger partial charge in [0.1, 0.15) is 18.5 Å². The first kappa shape index (κ1) is 23.8. The maximum Gasteiger partial charge on any atom is 0.332 e. The van der Waals surface area contributed by atoms with E-state index in [4.69, 9.17) is 4.74 Å². The molecule has 2 aromatic carbocycles. The summed E-state index contributed by atoms with van der Waals surface area (Å²) >= 11 is 0. The highest BCUT2D eigenvalue weighted by Crippen LogP contribution is 2.25. The Morgan fingerprint density at radius 1 is 0.912 bits per heavy atom. The van der Waals surface area contributed by atoms with Gasteiger partial charge in [0, 0.05) is 18.5 Å². The molecular formula is C26H32N4O4. The Hall–Kier alpha value is -3.39. The van der Waals surface area contributed by atoms with Crippen molar-refractivity contribution in [1.82, 2.24) is 18.7 Å². The molecule has 1 atom stereocenters. The van der Waals surface area contributed by atoms with Crippen LogP contribution in [0.5, 0.6) is 5.75 Å². The molecule has 8 nitrogen and oxygen atoms in total. The van der Waals surface area contributed by atoms with E-state index in [1.807, 2.05) is 56.3 Å². The van der Waals surface area contributed by atoms with Gasteiger partial charge in [-0.3, -0.25) is 13.9 Å². The maximum atomic E-state index is 13.4. The van der Waals surface area contributed by atoms with E-state index in [0.717, 1.165) is 15.3 Å². The van der Waals surface area contributed by atoms with Gasteiger partial charge in [-0.05, 0) is 23.3 Å². The smallest absolute Gasteiger partial charge is 0.332 e. The lowest BCUT2D eigenvalue weighted by atomic mass is 10.1. The average Bonchev–Trinajstić information content (AvgIpc) is 3.20. The van der Waals surface area contributed by atoms with Crippen molar-refractivity contribution < 1.29 is 9.84 Å². The molecule has 2 heterocycles. The van der Waals surface area contributed by atoms with Gasteiger partial charge in [-0.15, -0.1) is 0 Å². The Morgan fingerprint density at radius 2 is 1.62 bits per heavy atom. The van der Waals surface area contributed by atoms with E-state index >= 15 is 0 Å². The van der Waals surface area contributed by atoms with Crippen molar-refractivity contribution in [1.29, 1.82) is 0 Å². The number of aliphatic hydroxyl groups excluding tert-OH is 1. The predicted molar refractivity (Wildman–Crippen MR) is 133 cm³/mol. The van der Waals surface area contributed by atoms with Gasteiger partial charge in [-0.2, -0.15) is 0 Å². The number of imidazole rings is 1. The Morgan fingerprint density at radius 3 is 2.35 bits per heavy atom. The van der Waals surface area contributed by atoms with E-state index in [9.17, 15) is 14.7 Å². The molecule has 0 unspecified atom stereocenters. The van der Waals surface area contributed by atoms with Crippen LogP contribution in [0.15, 0.2) is 58.4 Å². The molecule has 4 aromatic rings. The fourth-order valence-corrected chi connectivity index (χ4v) is 4.23. The van der Waals surface area contributed by atoms with Gasteiger partial charge in [-0.1, -0.05) is 64.1 Å². The summed E-state index contributed by atoms with van der Waals surface area (Å²) in [5.74, 6) is 1.13. The van der Waals surface area contributed by atoms with Gasteiger partial charge < -0.3 is 14.4 Å². The molecule has 34 heavy (non-hydrogen) atoms. The molecule has 0 bridgehead atoms. The monoisotopic (exact) mass is 464 g/mol. The number of ether oxygens (including phenoxy) is 1. The molecule has 0 fully saturated rings. The molecule has 2 aromatic heterocycles. The Labute approximate surface area is 198 Å². The fraction of sp³-hybridized carbons (Fsp3) is 0.423. The van der Waals surface area contributed by atoms with Crippen LogP contribution in [0, 0.1) is 11.8 Å². The van der Waals surface area contributed by atoms with Gasteiger partial charge in [0.25, 0.3) is 5.56 Å². The second-order valence-corrected chi connectivity index (χ2v) is 9.61. The van der Waals surface area contributed by atoms with Crippen molar-refractivity contribution in [2.45, 2.75) is 53.4 Å². The quantitative estimate of drug-likeness (QED) is 0.411. The molecule has 180 valence electrons. The van der Waals surface area contributed by atoms with Gasteiger partial charge in [-0.25, -0.2) is 9.78 Å². The predicted octanol–water partition coefficient (Wildman–Crippen LogP) is 3.26. The summed E-state index contributed by atoms with van der Waals surface area (Å²) in [5, 5.41) is 12.7. The van der Waals surface area contributed by atoms with Crippen molar-refractivity contribution >= 4 is 21.9 Å². The first-order chi connectivity index (χ1) is 16.3. The topological polar surface area (TPSA) is 91.3 Å². The maximum absolute atomic E-state index is 13.4. The molecule has 4 rings (SSSR count). The third-order valence-electron chi connectivity index (χ3n) is 5.67. The molecule has 0 saturated heterocycles. The van der Waals surface area contributed by atoms with Crippen LogP contribution in [-0.4, -0.2) is 36.5 Å². The van der Waals surface area contributed by atoms with E-state index in [1.165, 1.54) is 4.57 Å². The van der Waals surface area contributed by atoms with Crippen LogP contribution in [0.25, 0.3) is 21.9 Å². The molecule has 8 heteroatoms. The normalized spacial score (nSPS) is 12.8. The van der Waals surface area contributed by atoms with Crippen molar-refractivity contribution in [3.8, 4) is 5.75 Å². The highest BCUT2D eigenvalue weighted by Gasteiger charge is 2.21. The average molecular weight is 465 g/mol. The molecule has 0 aliphatic heterocycles. The van der Waals surface area contributed by atoms with Gasteiger partial charge in [0.05, 0.1) is 12.9 Å². The number of benzene rings is 2. The number of hydrogen-bond acceptors (Lipinski definition) is 5. The van der Waals surface area contributed by atoms with Crippen LogP contribution in [0.3, 0.4) is 0 Å². The first-order valence-corrected chi connectivity index (χ1v) is 11.7. The standard InChI is InChI=1S/C26H32N4O4/c1-17(2)12-28-16-27-24-23(28)25(32)30(26(33)29(24)13-18(3)4)14-20(31)15-34-22-11-7-9-19-8-5-6-10-21(19)22/h5-11,16-18,20,31H,12-15H2,1-4H3/t20-/m0/s1. The summed E-state index contributed by atoms with van der Waals surface area (Å²) in [7, 11) is 0. The lowest BCUT2D eigenvalue weighted by molar-refractivity contribution is 0.0908. The van der Waals surface area contributed by atoms with Crippen LogP contribution in [0.2, 0.25) is 0 Å². The van der Waals surface area contributed by atoms with E-state index < -0.39 is 17.4 Å². The van der Waals surface area contributed by atoms with E-state index in [1.54, 1.807) is 10.9 Å². The number of nitrogens with zero attached hydrogens (tertiary/aromatic N) is 4. The van der Waals surface area contributed by atoms with E-state index in [0.29, 0.717) is 35.9 Å². The number of hydrogen-bond donors (Lipinski definition) is 1. The zero-order valence-corrected chi connectivity index (χ0v) is 20.1. The SMILES string of the molecule is CC(C)Cn1cnc2c1c(=O)n(C[C@H](O)COc1cccc3ccccc13)c(=O)n2CC(C)C. The summed E-state index contributed by atoms with van der Waals surface area (Å²) in [4.78, 5) is 31.0. The van der Waals surface area contributed by atoms with Crippen molar-refractivity contribution in [3.63, 3.8) is 0 Å². The second-order valence-electron chi connectivity index (χ2n) is 9.61. The minimum absolute atomic E-state index is 0.0483. The summed E-state index contributed by atoms with van der Waals surface area (Å²) in [6.45, 7) is 8.95. The Kier molecular flexibility index (Phi) is 6.88. The molecule has 0 amide bonds.